The molecule has 14 heavy (non-hydrogen) atoms. The standard InChI is InChI=1S/C9H7ClF2O2/c10-4-6-1-5(2-9(13)14)7(11)3-8(6)12/h1,3H,2,4H2,(H,13,14). The molecule has 0 aliphatic heterocycles. The molecule has 0 amide bonds. The van der Waals surface area contributed by atoms with E-state index in [0.717, 1.165) is 6.07 Å². The first kappa shape index (κ1) is 10.9. The predicted molar refractivity (Wildman–Crippen MR) is 47.3 cm³/mol. The van der Waals surface area contributed by atoms with Gasteiger partial charge in [-0.2, -0.15) is 0 Å². The van der Waals surface area contributed by atoms with E-state index < -0.39 is 24.0 Å². The van der Waals surface area contributed by atoms with E-state index in [9.17, 15) is 13.6 Å². The van der Waals surface area contributed by atoms with Crippen LogP contribution in [-0.4, -0.2) is 11.1 Å². The molecule has 0 unspecified atom stereocenters. The molecule has 0 bridgehead atoms. The van der Waals surface area contributed by atoms with Crippen LogP contribution in [0.5, 0.6) is 0 Å². The molecule has 2 nitrogen and oxygen atoms in total. The summed E-state index contributed by atoms with van der Waals surface area (Å²) in [5.41, 5.74) is 0.0406. The fourth-order valence-electron chi connectivity index (χ4n) is 1.05. The Morgan fingerprint density at radius 3 is 2.36 bits per heavy atom. The van der Waals surface area contributed by atoms with Crippen molar-refractivity contribution in [2.45, 2.75) is 12.3 Å². The zero-order chi connectivity index (χ0) is 10.7. The molecule has 0 atom stereocenters. The van der Waals surface area contributed by atoms with Gasteiger partial charge in [-0.1, -0.05) is 0 Å². The van der Waals surface area contributed by atoms with Gasteiger partial charge in [0.05, 0.1) is 12.3 Å². The summed E-state index contributed by atoms with van der Waals surface area (Å²) in [5, 5.41) is 8.43. The molecule has 0 saturated heterocycles. The monoisotopic (exact) mass is 220 g/mol. The average Bonchev–Trinajstić information content (AvgIpc) is 2.09. The highest BCUT2D eigenvalue weighted by atomic mass is 35.5. The van der Waals surface area contributed by atoms with Crippen LogP contribution >= 0.6 is 11.6 Å². The maximum absolute atomic E-state index is 13.0. The van der Waals surface area contributed by atoms with Crippen LogP contribution in [0, 0.1) is 11.6 Å². The van der Waals surface area contributed by atoms with Crippen LogP contribution in [0.1, 0.15) is 11.1 Å². The Morgan fingerprint density at radius 1 is 1.29 bits per heavy atom. The van der Waals surface area contributed by atoms with Crippen molar-refractivity contribution < 1.29 is 18.7 Å². The third-order valence-electron chi connectivity index (χ3n) is 1.70. The zero-order valence-corrected chi connectivity index (χ0v) is 7.81. The summed E-state index contributed by atoms with van der Waals surface area (Å²) < 4.78 is 25.9. The molecular formula is C9H7ClF2O2. The number of carboxylic acid groups (broad SMARTS) is 1. The number of benzene rings is 1. The van der Waals surface area contributed by atoms with Gasteiger partial charge in [0.1, 0.15) is 11.6 Å². The van der Waals surface area contributed by atoms with E-state index in [1.807, 2.05) is 0 Å². The van der Waals surface area contributed by atoms with Crippen LogP contribution in [0.25, 0.3) is 0 Å². The summed E-state index contributed by atoms with van der Waals surface area (Å²) >= 11 is 5.38. The molecule has 0 aliphatic rings. The summed E-state index contributed by atoms with van der Waals surface area (Å²) in [5.74, 6) is -2.90. The van der Waals surface area contributed by atoms with Gasteiger partial charge in [0, 0.05) is 11.6 Å². The van der Waals surface area contributed by atoms with Crippen LogP contribution in [-0.2, 0) is 17.1 Å². The Balaban J connectivity index is 3.10. The second kappa shape index (κ2) is 4.37. The summed E-state index contributed by atoms with van der Waals surface area (Å²) in [6.07, 6.45) is -0.476. The van der Waals surface area contributed by atoms with Gasteiger partial charge < -0.3 is 5.11 Å². The number of carboxylic acids is 1. The van der Waals surface area contributed by atoms with Gasteiger partial charge in [0.15, 0.2) is 0 Å². The van der Waals surface area contributed by atoms with E-state index in [2.05, 4.69) is 0 Å². The highest BCUT2D eigenvalue weighted by Gasteiger charge is 2.11. The van der Waals surface area contributed by atoms with E-state index in [1.165, 1.54) is 0 Å². The third-order valence-corrected chi connectivity index (χ3v) is 1.99. The van der Waals surface area contributed by atoms with Crippen LogP contribution in [0.15, 0.2) is 12.1 Å². The second-order valence-electron chi connectivity index (χ2n) is 2.74. The first-order valence-corrected chi connectivity index (χ1v) is 4.32. The van der Waals surface area contributed by atoms with Crippen molar-refractivity contribution in [1.82, 2.24) is 0 Å². The van der Waals surface area contributed by atoms with Crippen molar-refractivity contribution >= 4 is 17.6 Å². The van der Waals surface area contributed by atoms with E-state index in [-0.39, 0.29) is 17.0 Å². The first-order valence-electron chi connectivity index (χ1n) is 3.79. The van der Waals surface area contributed by atoms with Crippen molar-refractivity contribution in [3.8, 4) is 0 Å². The molecule has 0 aromatic heterocycles. The van der Waals surface area contributed by atoms with E-state index in [1.54, 1.807) is 0 Å². The normalized spacial score (nSPS) is 10.2. The Kier molecular flexibility index (Phi) is 3.41. The molecule has 1 N–H and O–H groups in total. The Morgan fingerprint density at radius 2 is 1.86 bits per heavy atom. The van der Waals surface area contributed by atoms with Crippen LogP contribution in [0.2, 0.25) is 0 Å². The van der Waals surface area contributed by atoms with E-state index >= 15 is 0 Å². The van der Waals surface area contributed by atoms with Gasteiger partial charge >= 0.3 is 5.97 Å². The molecule has 1 rings (SSSR count). The lowest BCUT2D eigenvalue weighted by atomic mass is 10.1. The van der Waals surface area contributed by atoms with Gasteiger partial charge in [-0.15, -0.1) is 11.6 Å². The molecule has 1 aromatic rings. The van der Waals surface area contributed by atoms with Crippen molar-refractivity contribution in [2.24, 2.45) is 0 Å². The summed E-state index contributed by atoms with van der Waals surface area (Å²) in [6.45, 7) is 0. The molecule has 0 aliphatic carbocycles. The summed E-state index contributed by atoms with van der Waals surface area (Å²) in [4.78, 5) is 10.3. The van der Waals surface area contributed by atoms with Crippen molar-refractivity contribution in [1.29, 1.82) is 0 Å². The second-order valence-corrected chi connectivity index (χ2v) is 3.01. The number of hydrogen-bond acceptors (Lipinski definition) is 1. The first-order chi connectivity index (χ1) is 6.54. The summed E-state index contributed by atoms with van der Waals surface area (Å²) in [7, 11) is 0. The Labute approximate surface area is 84.1 Å². The lowest BCUT2D eigenvalue weighted by molar-refractivity contribution is -0.136. The van der Waals surface area contributed by atoms with Gasteiger partial charge in [0.25, 0.3) is 0 Å². The average molecular weight is 221 g/mol. The maximum atomic E-state index is 13.0. The molecule has 5 heteroatoms. The molecule has 0 radical (unpaired) electrons. The van der Waals surface area contributed by atoms with Crippen LogP contribution in [0.3, 0.4) is 0 Å². The highest BCUT2D eigenvalue weighted by molar-refractivity contribution is 6.17. The molecule has 0 saturated carbocycles. The van der Waals surface area contributed by atoms with Gasteiger partial charge in [-0.05, 0) is 11.6 Å². The number of halogens is 3. The lowest BCUT2D eigenvalue weighted by Crippen LogP contribution is -2.04. The fourth-order valence-corrected chi connectivity index (χ4v) is 1.25. The van der Waals surface area contributed by atoms with Gasteiger partial charge in [-0.25, -0.2) is 8.78 Å². The van der Waals surface area contributed by atoms with Crippen LogP contribution in [0.4, 0.5) is 8.78 Å². The Hall–Kier alpha value is -1.16. The predicted octanol–water partition coefficient (Wildman–Crippen LogP) is 2.33. The number of alkyl halides is 1. The Bertz CT molecular complexity index is 366. The van der Waals surface area contributed by atoms with Crippen molar-refractivity contribution in [2.75, 3.05) is 0 Å². The molecule has 1 aromatic carbocycles. The van der Waals surface area contributed by atoms with Crippen LogP contribution < -0.4 is 0 Å². The number of rotatable bonds is 3. The fraction of sp³-hybridized carbons (Fsp3) is 0.222. The van der Waals surface area contributed by atoms with Gasteiger partial charge in [0.2, 0.25) is 0 Å². The number of aliphatic carboxylic acids is 1. The molecule has 0 spiro atoms. The minimum absolute atomic E-state index is 0.0606. The number of hydrogen-bond donors (Lipinski definition) is 1. The van der Waals surface area contributed by atoms with Crippen molar-refractivity contribution in [3.05, 3.63) is 34.9 Å². The largest absolute Gasteiger partial charge is 0.481 e. The molecular weight excluding hydrogens is 214 g/mol. The van der Waals surface area contributed by atoms with E-state index in [4.69, 9.17) is 16.7 Å². The minimum Gasteiger partial charge on any atom is -0.481 e. The molecule has 0 fully saturated rings. The van der Waals surface area contributed by atoms with Crippen molar-refractivity contribution in [3.63, 3.8) is 0 Å². The van der Waals surface area contributed by atoms with Gasteiger partial charge in [-0.3, -0.25) is 4.79 Å². The zero-order valence-electron chi connectivity index (χ0n) is 7.06. The molecule has 0 heterocycles. The summed E-state index contributed by atoms with van der Waals surface area (Å²) in [6, 6.07) is 1.78. The highest BCUT2D eigenvalue weighted by Crippen LogP contribution is 2.17. The SMILES string of the molecule is O=C(O)Cc1cc(CCl)c(F)cc1F. The van der Waals surface area contributed by atoms with E-state index in [0.29, 0.717) is 6.07 Å². The smallest absolute Gasteiger partial charge is 0.307 e. The lowest BCUT2D eigenvalue weighted by Gasteiger charge is -2.03. The minimum atomic E-state index is -1.17. The maximum Gasteiger partial charge on any atom is 0.307 e. The number of carbonyl (C=O) groups is 1. The quantitative estimate of drug-likeness (QED) is 0.794. The topological polar surface area (TPSA) is 37.3 Å². The third kappa shape index (κ3) is 2.42. The molecule has 76 valence electrons.